The number of nitrogen functional groups attached to an aromatic ring is 1. The van der Waals surface area contributed by atoms with E-state index in [1.807, 2.05) is 6.92 Å². The number of amides is 2. The molecule has 14 nitrogen and oxygen atoms in total. The number of carboxylic acids is 1. The van der Waals surface area contributed by atoms with Crippen LogP contribution >= 0.6 is 46.6 Å². The van der Waals surface area contributed by atoms with Crippen LogP contribution in [0, 0.1) is 0 Å². The van der Waals surface area contributed by atoms with Crippen molar-refractivity contribution >= 4 is 81.2 Å². The fourth-order valence-corrected chi connectivity index (χ4v) is 8.20. The van der Waals surface area contributed by atoms with Crippen molar-refractivity contribution in [1.29, 1.82) is 0 Å². The highest BCUT2D eigenvalue weighted by molar-refractivity contribution is 8.06. The molecule has 2 aromatic heterocycles. The number of carbonyl (C=O) groups is 3. The summed E-state index contributed by atoms with van der Waals surface area (Å²) in [4.78, 5) is 58.3. The molecule has 4 rings (SSSR count). The monoisotopic (exact) mass is 669 g/mol. The first-order valence-corrected chi connectivity index (χ1v) is 16.5. The number of nitrogens with two attached hydrogens (primary N) is 3. The molecule has 0 bridgehead atoms. The number of guanidine groups is 1. The highest BCUT2D eigenvalue weighted by Crippen LogP contribution is 2.46. The summed E-state index contributed by atoms with van der Waals surface area (Å²) in [5.74, 6) is -1.09. The molecule has 43 heavy (non-hydrogen) atoms. The van der Waals surface area contributed by atoms with Gasteiger partial charge >= 0.3 is 5.97 Å². The largest absolute Gasteiger partial charge is 0.477 e. The van der Waals surface area contributed by atoms with Crippen LogP contribution in [0.2, 0.25) is 0 Å². The third-order valence-electron chi connectivity index (χ3n) is 5.80. The Hall–Kier alpha value is -3.55. The van der Waals surface area contributed by atoms with Crippen molar-refractivity contribution in [2.24, 2.45) is 21.6 Å². The normalized spacial score (nSPS) is 18.9. The number of aliphatic carboxylic acids is 1. The lowest BCUT2D eigenvalue weighted by Crippen LogP contribution is -2.71. The molecular weight excluding hydrogens is 642 g/mol. The number of thiazole rings is 1. The number of alkyl halides is 1. The first kappa shape index (κ1) is 32.4. The molecule has 2 aliphatic heterocycles. The number of rotatable bonds is 14. The second-order valence-electron chi connectivity index (χ2n) is 8.97. The van der Waals surface area contributed by atoms with Gasteiger partial charge in [0.2, 0.25) is 0 Å². The van der Waals surface area contributed by atoms with Crippen LogP contribution in [-0.2, 0) is 25.0 Å². The number of carbonyl (C=O) groups excluding carboxylic acids is 2. The van der Waals surface area contributed by atoms with Crippen molar-refractivity contribution < 1.29 is 28.7 Å². The number of hydrogen-bond donors (Lipinski definition) is 5. The third-order valence-corrected chi connectivity index (χ3v) is 10.4. The van der Waals surface area contributed by atoms with Crippen LogP contribution in [0.1, 0.15) is 18.2 Å². The first-order chi connectivity index (χ1) is 20.6. The number of fused-ring (bicyclic) bond motifs is 1. The van der Waals surface area contributed by atoms with E-state index in [4.69, 9.17) is 22.0 Å². The smallest absolute Gasteiger partial charge is 0.353 e. The van der Waals surface area contributed by atoms with Gasteiger partial charge < -0.3 is 32.5 Å². The lowest BCUT2D eigenvalue weighted by atomic mass is 10.0. The minimum absolute atomic E-state index is 0.0233. The molecule has 0 aromatic carbocycles. The van der Waals surface area contributed by atoms with Gasteiger partial charge in [-0.1, -0.05) is 16.9 Å². The van der Waals surface area contributed by atoms with Crippen LogP contribution < -0.4 is 22.5 Å². The zero-order valence-electron chi connectivity index (χ0n) is 22.6. The summed E-state index contributed by atoms with van der Waals surface area (Å²) in [5, 5.41) is 17.4. The fourth-order valence-electron chi connectivity index (χ4n) is 4.01. The van der Waals surface area contributed by atoms with E-state index in [1.54, 1.807) is 30.2 Å². The standard InChI is InChI=1S/C24H28FN9O5S4/c1-11(30-23(26)27)7-40-8-12-6-29-4-2-14(12)43-15-10-41-21-17(20(36)34(21)18(15)22(37)38)32-19(35)16(33-39-5-3-25)13-9-42-24(28)31-13/h2,4,6,9,11,17,21H,3,5,7-8,10H2,1H3,(H2,28,31)(H,32,35)(H,37,38)(H4,26,27,30)/t11?,17-,21+/m1/s1. The Morgan fingerprint density at radius 1 is 1.40 bits per heavy atom. The van der Waals surface area contributed by atoms with Crippen LogP contribution in [0.25, 0.3) is 0 Å². The molecule has 2 aromatic rings. The molecule has 4 heterocycles. The number of aliphatic imine (C=N–C) groups is 1. The van der Waals surface area contributed by atoms with E-state index in [2.05, 4.69) is 25.4 Å². The number of halogens is 1. The number of nitrogens with one attached hydrogen (secondary N) is 1. The maximum Gasteiger partial charge on any atom is 0.353 e. The Kier molecular flexibility index (Phi) is 11.1. The Balaban J connectivity index is 1.48. The van der Waals surface area contributed by atoms with Gasteiger partial charge in [-0.25, -0.2) is 19.2 Å². The number of pyridine rings is 1. The van der Waals surface area contributed by atoms with Gasteiger partial charge in [-0.15, -0.1) is 23.1 Å². The van der Waals surface area contributed by atoms with Crippen LogP contribution in [0.4, 0.5) is 9.52 Å². The molecule has 2 amide bonds. The van der Waals surface area contributed by atoms with E-state index in [9.17, 15) is 23.9 Å². The molecule has 1 unspecified atom stereocenters. The average molecular weight is 670 g/mol. The predicted molar refractivity (Wildman–Crippen MR) is 166 cm³/mol. The fraction of sp³-hybridized carbons (Fsp3) is 0.375. The quantitative estimate of drug-likeness (QED) is 0.0627. The molecule has 1 saturated heterocycles. The van der Waals surface area contributed by atoms with Crippen LogP contribution in [0.15, 0.2) is 49.5 Å². The van der Waals surface area contributed by atoms with Crippen molar-refractivity contribution in [3.63, 3.8) is 0 Å². The van der Waals surface area contributed by atoms with E-state index in [0.29, 0.717) is 16.4 Å². The van der Waals surface area contributed by atoms with Crippen molar-refractivity contribution in [3.05, 3.63) is 45.7 Å². The number of anilines is 1. The summed E-state index contributed by atoms with van der Waals surface area (Å²) in [5.41, 5.74) is 17.1. The Bertz CT molecular complexity index is 1470. The van der Waals surface area contributed by atoms with Crippen LogP contribution in [-0.4, -0.2) is 91.7 Å². The minimum atomic E-state index is -1.26. The van der Waals surface area contributed by atoms with Gasteiger partial charge in [-0.3, -0.25) is 19.5 Å². The number of nitrogens with zero attached hydrogens (tertiary/aromatic N) is 5. The SMILES string of the molecule is CC(CSCc1cnccc1SC1=C(C(=O)O)N2C(=O)[C@@H](NC(=O)C(=NOCCF)c3csc(N)n3)[C@@H]2SC1)N=C(N)N. The molecule has 8 N–H and O–H groups in total. The van der Waals surface area contributed by atoms with E-state index >= 15 is 0 Å². The molecule has 0 radical (unpaired) electrons. The summed E-state index contributed by atoms with van der Waals surface area (Å²) >= 11 is 5.24. The zero-order chi connectivity index (χ0) is 31.1. The van der Waals surface area contributed by atoms with Crippen molar-refractivity contribution in [2.45, 2.75) is 35.0 Å². The second kappa shape index (κ2) is 14.8. The maximum atomic E-state index is 13.2. The number of carboxylic acid groups (broad SMARTS) is 1. The molecule has 19 heteroatoms. The number of thioether (sulfide) groups is 3. The summed E-state index contributed by atoms with van der Waals surface area (Å²) in [7, 11) is 0. The third kappa shape index (κ3) is 7.89. The summed E-state index contributed by atoms with van der Waals surface area (Å²) in [6.07, 6.45) is 3.33. The summed E-state index contributed by atoms with van der Waals surface area (Å²) in [6.45, 7) is 0.691. The predicted octanol–water partition coefficient (Wildman–Crippen LogP) is 1.19. The number of β-lactam (4-membered cyclic amide) rings is 1. The number of oxime groups is 1. The van der Waals surface area contributed by atoms with Gasteiger partial charge in [0.05, 0.1) is 6.04 Å². The molecule has 230 valence electrons. The topological polar surface area (TPSA) is 225 Å². The van der Waals surface area contributed by atoms with Gasteiger partial charge in [0, 0.05) is 44.8 Å². The van der Waals surface area contributed by atoms with Gasteiger partial charge in [-0.05, 0) is 18.6 Å². The molecule has 3 atom stereocenters. The number of hydrogen-bond acceptors (Lipinski definition) is 13. The van der Waals surface area contributed by atoms with Crippen LogP contribution in [0.3, 0.4) is 0 Å². The Labute approximate surface area is 262 Å². The highest BCUT2D eigenvalue weighted by atomic mass is 32.2. The van der Waals surface area contributed by atoms with Gasteiger partial charge in [0.15, 0.2) is 16.8 Å². The molecule has 1 fully saturated rings. The number of aromatic nitrogens is 2. The molecule has 0 saturated carbocycles. The molecule has 2 aliphatic rings. The maximum absolute atomic E-state index is 13.2. The first-order valence-electron chi connectivity index (χ1n) is 12.6. The molecular formula is C24H28FN9O5S4. The lowest BCUT2D eigenvalue weighted by molar-refractivity contribution is -0.150. The van der Waals surface area contributed by atoms with E-state index in [1.165, 1.54) is 33.8 Å². The Morgan fingerprint density at radius 3 is 2.86 bits per heavy atom. The van der Waals surface area contributed by atoms with Crippen molar-refractivity contribution in [3.8, 4) is 0 Å². The van der Waals surface area contributed by atoms with Crippen molar-refractivity contribution in [2.75, 3.05) is 30.5 Å². The zero-order valence-corrected chi connectivity index (χ0v) is 25.9. The van der Waals surface area contributed by atoms with E-state index in [-0.39, 0.29) is 46.6 Å². The molecule has 0 aliphatic carbocycles. The second-order valence-corrected chi connectivity index (χ2v) is 13.1. The van der Waals surface area contributed by atoms with Crippen molar-refractivity contribution in [1.82, 2.24) is 20.2 Å². The van der Waals surface area contributed by atoms with Crippen LogP contribution in [0.5, 0.6) is 0 Å². The van der Waals surface area contributed by atoms with E-state index in [0.717, 1.165) is 21.8 Å². The summed E-state index contributed by atoms with van der Waals surface area (Å²) in [6, 6.07) is 0.688. The molecule has 0 spiro atoms. The average Bonchev–Trinajstić information content (AvgIpc) is 3.39. The van der Waals surface area contributed by atoms with Gasteiger partial charge in [-0.2, -0.15) is 11.8 Å². The minimum Gasteiger partial charge on any atom is -0.477 e. The summed E-state index contributed by atoms with van der Waals surface area (Å²) < 4.78 is 12.5. The highest BCUT2D eigenvalue weighted by Gasteiger charge is 2.54. The van der Waals surface area contributed by atoms with Gasteiger partial charge in [0.25, 0.3) is 11.8 Å². The van der Waals surface area contributed by atoms with Gasteiger partial charge in [0.1, 0.15) is 36.1 Å². The lowest BCUT2D eigenvalue weighted by Gasteiger charge is -2.49. The van der Waals surface area contributed by atoms with E-state index < -0.39 is 35.9 Å². The Morgan fingerprint density at radius 2 is 2.19 bits per heavy atom.